The Kier molecular flexibility index (Phi) is 1.98. The fraction of sp³-hybridized carbons (Fsp3) is 0. The Morgan fingerprint density at radius 2 is 1.67 bits per heavy atom. The second kappa shape index (κ2) is 3.40. The second-order valence-electron chi connectivity index (χ2n) is 4.02. The number of aromatic amines is 1. The fourth-order valence-electron chi connectivity index (χ4n) is 2.04. The highest BCUT2D eigenvalue weighted by Crippen LogP contribution is 2.39. The van der Waals surface area contributed by atoms with E-state index in [1.807, 2.05) is 0 Å². The predicted octanol–water partition coefficient (Wildman–Crippen LogP) is 1.80. The molecule has 0 bridgehead atoms. The summed E-state index contributed by atoms with van der Waals surface area (Å²) in [6.45, 7) is 0. The maximum atomic E-state index is 12.2. The summed E-state index contributed by atoms with van der Waals surface area (Å²) in [6.07, 6.45) is 0. The molecule has 1 aromatic heterocycles. The molecule has 0 fully saturated rings. The Morgan fingerprint density at radius 1 is 0.944 bits per heavy atom. The fourth-order valence-corrected chi connectivity index (χ4v) is 2.04. The molecule has 5 nitrogen and oxygen atoms in total. The minimum absolute atomic E-state index is 0.0380. The Bertz CT molecular complexity index is 836. The van der Waals surface area contributed by atoms with E-state index in [0.29, 0.717) is 10.9 Å². The molecule has 1 heterocycles. The highest BCUT2D eigenvalue weighted by atomic mass is 16.3. The van der Waals surface area contributed by atoms with Crippen LogP contribution in [0.2, 0.25) is 0 Å². The first kappa shape index (κ1) is 10.5. The van der Waals surface area contributed by atoms with Crippen LogP contribution in [-0.4, -0.2) is 20.3 Å². The lowest BCUT2D eigenvalue weighted by molar-refractivity contribution is 0.371. The topological polar surface area (TPSA) is 93.6 Å². The zero-order chi connectivity index (χ0) is 12.9. The highest BCUT2D eigenvalue weighted by Gasteiger charge is 2.15. The quantitative estimate of drug-likeness (QED) is 0.358. The van der Waals surface area contributed by atoms with Gasteiger partial charge in [-0.2, -0.15) is 0 Å². The standard InChI is InChI=1S/C13H9NO4/c15-9-5-8-10(13(18)12(9)17)11(16)6-3-1-2-4-7(6)14-8/h1-5,15,17-18H,(H,14,16). The largest absolute Gasteiger partial charge is 0.504 e. The molecule has 0 aliphatic carbocycles. The molecule has 0 amide bonds. The van der Waals surface area contributed by atoms with Gasteiger partial charge in [-0.05, 0) is 12.1 Å². The van der Waals surface area contributed by atoms with E-state index >= 15 is 0 Å². The third kappa shape index (κ3) is 1.24. The van der Waals surface area contributed by atoms with Gasteiger partial charge in [-0.15, -0.1) is 0 Å². The molecule has 0 spiro atoms. The van der Waals surface area contributed by atoms with Gasteiger partial charge >= 0.3 is 0 Å². The summed E-state index contributed by atoms with van der Waals surface area (Å²) < 4.78 is 0. The summed E-state index contributed by atoms with van der Waals surface area (Å²) >= 11 is 0. The summed E-state index contributed by atoms with van der Waals surface area (Å²) in [4.78, 5) is 15.1. The predicted molar refractivity (Wildman–Crippen MR) is 67.1 cm³/mol. The number of aromatic nitrogens is 1. The Labute approximate surface area is 101 Å². The van der Waals surface area contributed by atoms with E-state index in [2.05, 4.69) is 4.98 Å². The normalized spacial score (nSPS) is 11.1. The minimum atomic E-state index is -0.691. The smallest absolute Gasteiger partial charge is 0.201 e. The van der Waals surface area contributed by atoms with Crippen molar-refractivity contribution >= 4 is 21.8 Å². The van der Waals surface area contributed by atoms with Crippen molar-refractivity contribution in [3.05, 3.63) is 40.6 Å². The molecule has 0 atom stereocenters. The van der Waals surface area contributed by atoms with Crippen molar-refractivity contribution in [2.45, 2.75) is 0 Å². The molecule has 0 saturated heterocycles. The highest BCUT2D eigenvalue weighted by molar-refractivity contribution is 5.97. The maximum Gasteiger partial charge on any atom is 0.201 e. The van der Waals surface area contributed by atoms with E-state index < -0.39 is 22.7 Å². The van der Waals surface area contributed by atoms with Crippen LogP contribution in [0.1, 0.15) is 0 Å². The first-order valence-electron chi connectivity index (χ1n) is 5.28. The van der Waals surface area contributed by atoms with Crippen LogP contribution in [0.4, 0.5) is 0 Å². The molecule has 3 rings (SSSR count). The van der Waals surface area contributed by atoms with Crippen LogP contribution in [0.25, 0.3) is 21.8 Å². The minimum Gasteiger partial charge on any atom is -0.504 e. The maximum absolute atomic E-state index is 12.2. The monoisotopic (exact) mass is 243 g/mol. The van der Waals surface area contributed by atoms with Gasteiger partial charge < -0.3 is 20.3 Å². The molecule has 5 heteroatoms. The molecule has 0 radical (unpaired) electrons. The molecule has 90 valence electrons. The van der Waals surface area contributed by atoms with Gasteiger partial charge in [0.05, 0.1) is 10.9 Å². The molecular formula is C13H9NO4. The van der Waals surface area contributed by atoms with Gasteiger partial charge in [0, 0.05) is 17.0 Å². The summed E-state index contributed by atoms with van der Waals surface area (Å²) in [6, 6.07) is 8.03. The molecule has 18 heavy (non-hydrogen) atoms. The Morgan fingerprint density at radius 3 is 2.44 bits per heavy atom. The van der Waals surface area contributed by atoms with Crippen molar-refractivity contribution in [3.63, 3.8) is 0 Å². The lowest BCUT2D eigenvalue weighted by atomic mass is 10.1. The van der Waals surface area contributed by atoms with Crippen molar-refractivity contribution < 1.29 is 15.3 Å². The summed E-state index contributed by atoms with van der Waals surface area (Å²) in [7, 11) is 0. The van der Waals surface area contributed by atoms with Crippen LogP contribution < -0.4 is 5.43 Å². The number of phenols is 3. The van der Waals surface area contributed by atoms with E-state index in [-0.39, 0.29) is 10.9 Å². The number of hydrogen-bond acceptors (Lipinski definition) is 4. The number of H-pyrrole nitrogens is 1. The van der Waals surface area contributed by atoms with E-state index in [1.165, 1.54) is 6.07 Å². The first-order chi connectivity index (χ1) is 8.59. The van der Waals surface area contributed by atoms with Crippen molar-refractivity contribution in [2.75, 3.05) is 0 Å². The number of phenolic OH excluding ortho intramolecular Hbond substituents is 3. The van der Waals surface area contributed by atoms with E-state index in [0.717, 1.165) is 0 Å². The number of nitrogens with one attached hydrogen (secondary N) is 1. The lowest BCUT2D eigenvalue weighted by Gasteiger charge is -2.07. The average Bonchev–Trinajstić information content (AvgIpc) is 2.36. The van der Waals surface area contributed by atoms with Gasteiger partial charge in [0.25, 0.3) is 0 Å². The zero-order valence-corrected chi connectivity index (χ0v) is 9.14. The van der Waals surface area contributed by atoms with E-state index in [9.17, 15) is 20.1 Å². The van der Waals surface area contributed by atoms with Crippen molar-refractivity contribution in [1.82, 2.24) is 4.98 Å². The Balaban J connectivity index is 2.65. The number of aromatic hydroxyl groups is 3. The van der Waals surface area contributed by atoms with Gasteiger partial charge in [-0.1, -0.05) is 12.1 Å². The third-order valence-corrected chi connectivity index (χ3v) is 2.92. The van der Waals surface area contributed by atoms with Crippen molar-refractivity contribution in [2.24, 2.45) is 0 Å². The number of fused-ring (bicyclic) bond motifs is 2. The van der Waals surface area contributed by atoms with Crippen LogP contribution >= 0.6 is 0 Å². The van der Waals surface area contributed by atoms with Crippen LogP contribution in [-0.2, 0) is 0 Å². The van der Waals surface area contributed by atoms with E-state index in [4.69, 9.17) is 0 Å². The van der Waals surface area contributed by atoms with Gasteiger partial charge in [-0.25, -0.2) is 0 Å². The van der Waals surface area contributed by atoms with Gasteiger partial charge in [0.15, 0.2) is 11.5 Å². The molecule has 0 saturated carbocycles. The molecule has 4 N–H and O–H groups in total. The van der Waals surface area contributed by atoms with E-state index in [1.54, 1.807) is 24.3 Å². The molecule has 2 aromatic carbocycles. The van der Waals surface area contributed by atoms with Crippen molar-refractivity contribution in [3.8, 4) is 17.2 Å². The van der Waals surface area contributed by atoms with Crippen LogP contribution in [0, 0.1) is 0 Å². The summed E-state index contributed by atoms with van der Waals surface area (Å²) in [5.41, 5.74) is 0.470. The van der Waals surface area contributed by atoms with Crippen LogP contribution in [0.5, 0.6) is 17.2 Å². The molecule has 3 aromatic rings. The molecule has 0 aliphatic heterocycles. The number of para-hydroxylation sites is 1. The zero-order valence-electron chi connectivity index (χ0n) is 9.14. The SMILES string of the molecule is O=c1c2ccccc2[nH]c2cc(O)c(O)c(O)c12. The molecule has 0 aliphatic rings. The molecular weight excluding hydrogens is 234 g/mol. The first-order valence-corrected chi connectivity index (χ1v) is 5.28. The van der Waals surface area contributed by atoms with Gasteiger partial charge in [-0.3, -0.25) is 4.79 Å². The van der Waals surface area contributed by atoms with Crippen molar-refractivity contribution in [1.29, 1.82) is 0 Å². The van der Waals surface area contributed by atoms with Gasteiger partial charge in [0.1, 0.15) is 0 Å². The lowest BCUT2D eigenvalue weighted by Crippen LogP contribution is -2.04. The molecule has 0 unspecified atom stereocenters. The second-order valence-corrected chi connectivity index (χ2v) is 4.02. The average molecular weight is 243 g/mol. The summed E-state index contributed by atoms with van der Waals surface area (Å²) in [5.74, 6) is -1.79. The third-order valence-electron chi connectivity index (χ3n) is 2.92. The Hall–Kier alpha value is -2.69. The number of rotatable bonds is 0. The number of hydrogen-bond donors (Lipinski definition) is 4. The number of benzene rings is 2. The van der Waals surface area contributed by atoms with Gasteiger partial charge in [0.2, 0.25) is 11.2 Å². The van der Waals surface area contributed by atoms with Crippen LogP contribution in [0.3, 0.4) is 0 Å². The summed E-state index contributed by atoms with van der Waals surface area (Å²) in [5, 5.41) is 29.0. The number of pyridine rings is 1. The van der Waals surface area contributed by atoms with Crippen LogP contribution in [0.15, 0.2) is 35.1 Å².